The molecule has 0 atom stereocenters. The first kappa shape index (κ1) is 42.9. The van der Waals surface area contributed by atoms with Crippen LogP contribution in [-0.2, 0) is 25.7 Å². The summed E-state index contributed by atoms with van der Waals surface area (Å²) in [4.78, 5) is 13.9. The van der Waals surface area contributed by atoms with Crippen LogP contribution in [0.15, 0.2) is 234 Å². The SMILES string of the molecule is Brc1cc(-c2ccccn2)ccc1CCc1cc(CCc2ccc(-c3ccccn3)cc2Br)cc(-c2ccccc2-c2ccc(-c3ccccn3)cc2-c2ccc(-c3ccccc3)cc2)c1. The Morgan fingerprint density at radius 1 is 0.273 bits per heavy atom. The van der Waals surface area contributed by atoms with E-state index in [1.54, 1.807) is 0 Å². The van der Waals surface area contributed by atoms with Crippen molar-refractivity contribution in [3.8, 4) is 78.3 Å². The third-order valence-corrected chi connectivity index (χ3v) is 13.7. The van der Waals surface area contributed by atoms with Gasteiger partial charge in [-0.25, -0.2) is 0 Å². The summed E-state index contributed by atoms with van der Waals surface area (Å²) in [6, 6.07) is 73.9. The molecule has 7 aromatic carbocycles. The predicted octanol–water partition coefficient (Wildman–Crippen LogP) is 16.6. The first-order valence-corrected chi connectivity index (χ1v) is 23.9. The number of aromatic nitrogens is 3. The van der Waals surface area contributed by atoms with Gasteiger partial charge in [0.05, 0.1) is 17.1 Å². The zero-order valence-corrected chi connectivity index (χ0v) is 39.5. The summed E-state index contributed by atoms with van der Waals surface area (Å²) in [6.45, 7) is 0. The van der Waals surface area contributed by atoms with E-state index in [1.807, 2.05) is 48.9 Å². The van der Waals surface area contributed by atoms with Crippen LogP contribution in [0.25, 0.3) is 78.3 Å². The molecular weight excluding hydrogens is 934 g/mol. The minimum Gasteiger partial charge on any atom is -0.256 e. The van der Waals surface area contributed by atoms with Crippen molar-refractivity contribution < 1.29 is 0 Å². The lowest BCUT2D eigenvalue weighted by atomic mass is 9.86. The summed E-state index contributed by atoms with van der Waals surface area (Å²) in [5, 5.41) is 0. The molecule has 0 saturated carbocycles. The smallest absolute Gasteiger partial charge is 0.0702 e. The van der Waals surface area contributed by atoms with Gasteiger partial charge in [-0.3, -0.25) is 15.0 Å². The van der Waals surface area contributed by atoms with Gasteiger partial charge in [0.2, 0.25) is 0 Å². The normalized spacial score (nSPS) is 11.1. The maximum absolute atomic E-state index is 4.74. The molecule has 5 heteroatoms. The quantitative estimate of drug-likeness (QED) is 0.116. The van der Waals surface area contributed by atoms with Crippen molar-refractivity contribution in [1.82, 2.24) is 15.0 Å². The standard InChI is InChI=1S/C61H45Br2N3/c62-57-40-50(60-17-7-10-34-65-60)29-27-47(57)21-19-42-36-43(20-22-48-28-30-51(41-58(48)63)61-18-8-11-35-66-61)38-52(37-42)53-14-4-5-15-54(53)55-32-31-49(59-16-6-9-33-64-59)39-56(55)46-25-23-45(24-26-46)44-12-2-1-3-13-44/h1-18,23-41H,19-22H2. The lowest BCUT2D eigenvalue weighted by molar-refractivity contribution is 0.926. The van der Waals surface area contributed by atoms with Crippen molar-refractivity contribution in [2.24, 2.45) is 0 Å². The van der Waals surface area contributed by atoms with Crippen LogP contribution in [0.3, 0.4) is 0 Å². The third-order valence-electron chi connectivity index (χ3n) is 12.3. The molecule has 0 spiro atoms. The molecule has 0 radical (unpaired) electrons. The molecule has 10 rings (SSSR count). The molecule has 0 saturated heterocycles. The van der Waals surface area contributed by atoms with Crippen molar-refractivity contribution in [2.75, 3.05) is 0 Å². The van der Waals surface area contributed by atoms with E-state index in [0.717, 1.165) is 74.0 Å². The Hall–Kier alpha value is -7.05. The van der Waals surface area contributed by atoms with Crippen molar-refractivity contribution in [3.05, 3.63) is 256 Å². The predicted molar refractivity (Wildman–Crippen MR) is 281 cm³/mol. The number of hydrogen-bond donors (Lipinski definition) is 0. The van der Waals surface area contributed by atoms with Crippen LogP contribution in [-0.4, -0.2) is 15.0 Å². The maximum Gasteiger partial charge on any atom is 0.0702 e. The van der Waals surface area contributed by atoms with Crippen LogP contribution in [0, 0.1) is 0 Å². The zero-order valence-electron chi connectivity index (χ0n) is 36.3. The number of aryl methyl sites for hydroxylation is 4. The highest BCUT2D eigenvalue weighted by atomic mass is 79.9. The average Bonchev–Trinajstić information content (AvgIpc) is 3.39. The summed E-state index contributed by atoms with van der Waals surface area (Å²) in [7, 11) is 0. The van der Waals surface area contributed by atoms with Gasteiger partial charge in [-0.2, -0.15) is 0 Å². The second kappa shape index (κ2) is 20.0. The molecule has 0 unspecified atom stereocenters. The van der Waals surface area contributed by atoms with Crippen LogP contribution in [0.4, 0.5) is 0 Å². The minimum atomic E-state index is 0.894. The fourth-order valence-electron chi connectivity index (χ4n) is 8.80. The van der Waals surface area contributed by atoms with Gasteiger partial charge < -0.3 is 0 Å². The van der Waals surface area contributed by atoms with Gasteiger partial charge in [0.1, 0.15) is 0 Å². The van der Waals surface area contributed by atoms with Crippen LogP contribution in [0.2, 0.25) is 0 Å². The van der Waals surface area contributed by atoms with Gasteiger partial charge in [0.25, 0.3) is 0 Å². The van der Waals surface area contributed by atoms with Gasteiger partial charge in [0.15, 0.2) is 0 Å². The van der Waals surface area contributed by atoms with Crippen LogP contribution >= 0.6 is 31.9 Å². The lowest BCUT2D eigenvalue weighted by Gasteiger charge is -2.18. The number of nitrogens with zero attached hydrogens (tertiary/aromatic N) is 3. The Morgan fingerprint density at radius 2 is 0.697 bits per heavy atom. The lowest BCUT2D eigenvalue weighted by Crippen LogP contribution is -1.99. The van der Waals surface area contributed by atoms with Gasteiger partial charge in [-0.05, 0) is 147 Å². The molecule has 3 nitrogen and oxygen atoms in total. The number of hydrogen-bond acceptors (Lipinski definition) is 3. The molecule has 0 fully saturated rings. The average molecular weight is 980 g/mol. The van der Waals surface area contributed by atoms with Gasteiger partial charge >= 0.3 is 0 Å². The Labute approximate surface area is 404 Å². The summed E-state index contributed by atoms with van der Waals surface area (Å²) < 4.78 is 2.20. The van der Waals surface area contributed by atoms with Crippen molar-refractivity contribution in [2.45, 2.75) is 25.7 Å². The number of pyridine rings is 3. The highest BCUT2D eigenvalue weighted by Gasteiger charge is 2.17. The van der Waals surface area contributed by atoms with E-state index in [9.17, 15) is 0 Å². The second-order valence-electron chi connectivity index (χ2n) is 16.5. The molecular formula is C61H45Br2N3. The van der Waals surface area contributed by atoms with Crippen molar-refractivity contribution in [3.63, 3.8) is 0 Å². The summed E-state index contributed by atoms with van der Waals surface area (Å²) in [5.74, 6) is 0. The summed E-state index contributed by atoms with van der Waals surface area (Å²) >= 11 is 7.84. The molecule has 0 bridgehead atoms. The highest BCUT2D eigenvalue weighted by Crippen LogP contribution is 2.41. The molecule has 66 heavy (non-hydrogen) atoms. The minimum absolute atomic E-state index is 0.894. The van der Waals surface area contributed by atoms with Gasteiger partial charge in [-0.15, -0.1) is 0 Å². The molecule has 10 aromatic rings. The first-order chi connectivity index (χ1) is 32.5. The third kappa shape index (κ3) is 9.79. The van der Waals surface area contributed by atoms with Crippen molar-refractivity contribution in [1.29, 1.82) is 0 Å². The second-order valence-corrected chi connectivity index (χ2v) is 18.3. The molecule has 318 valence electrons. The summed E-state index contributed by atoms with van der Waals surface area (Å²) in [6.07, 6.45) is 9.13. The van der Waals surface area contributed by atoms with E-state index >= 15 is 0 Å². The summed E-state index contributed by atoms with van der Waals surface area (Å²) in [5.41, 5.74) is 20.9. The molecule has 0 amide bonds. The Bertz CT molecular complexity index is 3140. The number of halogens is 2. The van der Waals surface area contributed by atoms with Gasteiger partial charge in [-0.1, -0.05) is 184 Å². The Morgan fingerprint density at radius 3 is 1.21 bits per heavy atom. The van der Waals surface area contributed by atoms with E-state index in [4.69, 9.17) is 4.98 Å². The van der Waals surface area contributed by atoms with Crippen LogP contribution < -0.4 is 0 Å². The molecule has 3 aromatic heterocycles. The Balaban J connectivity index is 1.03. The van der Waals surface area contributed by atoms with E-state index in [0.29, 0.717) is 0 Å². The van der Waals surface area contributed by atoms with Crippen LogP contribution in [0.1, 0.15) is 22.3 Å². The Kier molecular flexibility index (Phi) is 13.0. The van der Waals surface area contributed by atoms with Crippen molar-refractivity contribution >= 4 is 31.9 Å². The number of benzene rings is 7. The molecule has 0 N–H and O–H groups in total. The maximum atomic E-state index is 4.74. The van der Waals surface area contributed by atoms with E-state index in [2.05, 4.69) is 218 Å². The number of rotatable bonds is 13. The fourth-order valence-corrected chi connectivity index (χ4v) is 9.96. The van der Waals surface area contributed by atoms with E-state index < -0.39 is 0 Å². The fraction of sp³-hybridized carbons (Fsp3) is 0.0656. The zero-order chi connectivity index (χ0) is 44.7. The van der Waals surface area contributed by atoms with Crippen LogP contribution in [0.5, 0.6) is 0 Å². The molecule has 0 aliphatic heterocycles. The molecule has 3 heterocycles. The monoisotopic (exact) mass is 977 g/mol. The molecule has 0 aliphatic carbocycles. The topological polar surface area (TPSA) is 38.7 Å². The largest absolute Gasteiger partial charge is 0.256 e. The molecule has 0 aliphatic rings. The van der Waals surface area contributed by atoms with Gasteiger partial charge in [0, 0.05) is 44.2 Å². The highest BCUT2D eigenvalue weighted by molar-refractivity contribution is 9.10. The first-order valence-electron chi connectivity index (χ1n) is 22.4. The van der Waals surface area contributed by atoms with E-state index in [1.165, 1.54) is 61.2 Å². The van der Waals surface area contributed by atoms with E-state index in [-0.39, 0.29) is 0 Å².